The van der Waals surface area contributed by atoms with Crippen LogP contribution < -0.4 is 0 Å². The third kappa shape index (κ3) is 3.40. The molecule has 0 radical (unpaired) electrons. The van der Waals surface area contributed by atoms with E-state index in [-0.39, 0.29) is 10.2 Å². The van der Waals surface area contributed by atoms with Crippen LogP contribution in [0.25, 0.3) is 0 Å². The highest BCUT2D eigenvalue weighted by Crippen LogP contribution is 2.49. The molecule has 1 aromatic carbocycles. The lowest BCUT2D eigenvalue weighted by atomic mass is 9.70. The highest BCUT2D eigenvalue weighted by Gasteiger charge is 2.46. The molecule has 3 nitrogen and oxygen atoms in total. The Morgan fingerprint density at radius 1 is 1.29 bits per heavy atom. The lowest BCUT2D eigenvalue weighted by Gasteiger charge is -2.37. The summed E-state index contributed by atoms with van der Waals surface area (Å²) in [5, 5.41) is 0. The van der Waals surface area contributed by atoms with E-state index in [0.29, 0.717) is 6.10 Å². The number of benzene rings is 1. The highest BCUT2D eigenvalue weighted by molar-refractivity contribution is 9.10. The number of hydrogen-bond donors (Lipinski definition) is 0. The second-order valence-electron chi connectivity index (χ2n) is 8.00. The first kappa shape index (κ1) is 18.3. The SMILES string of the molecule is COC1CCC2(CC1)Cc1ccc(Br)cc1C2=N[S@@](=O)C(C)(C)C. The van der Waals surface area contributed by atoms with E-state index in [4.69, 9.17) is 9.13 Å². The van der Waals surface area contributed by atoms with Crippen LogP contribution in [0, 0.1) is 5.41 Å². The molecule has 2 aliphatic rings. The van der Waals surface area contributed by atoms with E-state index < -0.39 is 11.0 Å². The molecule has 3 rings (SSSR count). The number of rotatable bonds is 2. The monoisotopic (exact) mass is 411 g/mol. The molecular formula is C19H26BrNO2S. The molecule has 0 saturated heterocycles. The fourth-order valence-electron chi connectivity index (χ4n) is 3.82. The Labute approximate surface area is 156 Å². The second kappa shape index (κ2) is 6.65. The van der Waals surface area contributed by atoms with Gasteiger partial charge in [0, 0.05) is 22.6 Å². The molecule has 1 aromatic rings. The minimum atomic E-state index is -1.24. The largest absolute Gasteiger partial charge is 0.381 e. The van der Waals surface area contributed by atoms with Crippen molar-refractivity contribution in [3.63, 3.8) is 0 Å². The van der Waals surface area contributed by atoms with Crippen molar-refractivity contribution in [3.8, 4) is 0 Å². The summed E-state index contributed by atoms with van der Waals surface area (Å²) < 4.78 is 23.8. The van der Waals surface area contributed by atoms with Gasteiger partial charge in [0.1, 0.15) is 11.0 Å². The zero-order chi connectivity index (χ0) is 17.5. The molecule has 1 atom stereocenters. The Hall–Kier alpha value is -0.520. The number of methoxy groups -OCH3 is 1. The first-order valence-electron chi connectivity index (χ1n) is 8.58. The summed E-state index contributed by atoms with van der Waals surface area (Å²) in [5.74, 6) is 0. The summed E-state index contributed by atoms with van der Waals surface area (Å²) in [6, 6.07) is 6.42. The Balaban J connectivity index is 2.04. The fraction of sp³-hybridized carbons (Fsp3) is 0.632. The van der Waals surface area contributed by atoms with Crippen LogP contribution in [0.4, 0.5) is 0 Å². The van der Waals surface area contributed by atoms with Gasteiger partial charge in [-0.05, 0) is 70.6 Å². The number of hydrogen-bond acceptors (Lipinski definition) is 2. The van der Waals surface area contributed by atoms with Gasteiger partial charge in [-0.15, -0.1) is 0 Å². The van der Waals surface area contributed by atoms with Gasteiger partial charge in [-0.3, -0.25) is 0 Å². The standard InChI is InChI=1S/C19H26BrNO2S/c1-18(2,3)24(22)21-17-16-11-14(20)6-5-13(16)12-19(17)9-7-15(23-4)8-10-19/h5-6,11,15H,7-10,12H2,1-4H3/t15?,19?,24-/m0/s1. The number of fused-ring (bicyclic) bond motifs is 1. The molecule has 2 aliphatic carbocycles. The van der Waals surface area contributed by atoms with Crippen molar-refractivity contribution in [2.24, 2.45) is 9.81 Å². The Morgan fingerprint density at radius 3 is 2.54 bits per heavy atom. The maximum atomic E-state index is 12.7. The van der Waals surface area contributed by atoms with Crippen molar-refractivity contribution in [2.45, 2.75) is 63.7 Å². The summed E-state index contributed by atoms with van der Waals surface area (Å²) in [4.78, 5) is 0. The van der Waals surface area contributed by atoms with E-state index >= 15 is 0 Å². The van der Waals surface area contributed by atoms with E-state index in [2.05, 4.69) is 34.1 Å². The van der Waals surface area contributed by atoms with Gasteiger partial charge >= 0.3 is 0 Å². The topological polar surface area (TPSA) is 38.7 Å². The zero-order valence-electron chi connectivity index (χ0n) is 14.9. The lowest BCUT2D eigenvalue weighted by molar-refractivity contribution is 0.0468. The van der Waals surface area contributed by atoms with Gasteiger partial charge in [-0.2, -0.15) is 4.40 Å². The van der Waals surface area contributed by atoms with Crippen LogP contribution in [-0.4, -0.2) is 27.9 Å². The van der Waals surface area contributed by atoms with Crippen LogP contribution in [0.5, 0.6) is 0 Å². The predicted molar refractivity (Wildman–Crippen MR) is 104 cm³/mol. The number of nitrogens with zero attached hydrogens (tertiary/aromatic N) is 1. The van der Waals surface area contributed by atoms with Crippen LogP contribution in [0.3, 0.4) is 0 Å². The number of ether oxygens (including phenoxy) is 1. The molecule has 0 heterocycles. The first-order valence-corrected chi connectivity index (χ1v) is 10.5. The van der Waals surface area contributed by atoms with Crippen LogP contribution in [0.2, 0.25) is 0 Å². The van der Waals surface area contributed by atoms with E-state index in [1.807, 2.05) is 20.8 Å². The Kier molecular flexibility index (Phi) is 5.07. The maximum Gasteiger partial charge on any atom is 0.145 e. The molecule has 5 heteroatoms. The molecule has 0 N–H and O–H groups in total. The summed E-state index contributed by atoms with van der Waals surface area (Å²) in [6.07, 6.45) is 5.56. The van der Waals surface area contributed by atoms with Gasteiger partial charge in [0.05, 0.1) is 16.6 Å². The van der Waals surface area contributed by atoms with Crippen LogP contribution in [0.15, 0.2) is 27.1 Å². The molecule has 1 spiro atoms. The Morgan fingerprint density at radius 2 is 1.96 bits per heavy atom. The molecule has 0 unspecified atom stereocenters. The molecule has 0 amide bonds. The van der Waals surface area contributed by atoms with E-state index in [0.717, 1.165) is 42.3 Å². The molecule has 132 valence electrons. The quantitative estimate of drug-likeness (QED) is 0.698. The van der Waals surface area contributed by atoms with Gasteiger partial charge in [0.2, 0.25) is 0 Å². The van der Waals surface area contributed by atoms with Crippen molar-refractivity contribution < 1.29 is 8.95 Å². The summed E-state index contributed by atoms with van der Waals surface area (Å²) in [5.41, 5.74) is 3.59. The van der Waals surface area contributed by atoms with Gasteiger partial charge in [-0.25, -0.2) is 4.21 Å². The minimum Gasteiger partial charge on any atom is -0.381 e. The van der Waals surface area contributed by atoms with Crippen molar-refractivity contribution in [2.75, 3.05) is 7.11 Å². The van der Waals surface area contributed by atoms with E-state index in [1.54, 1.807) is 7.11 Å². The molecule has 24 heavy (non-hydrogen) atoms. The molecule has 1 saturated carbocycles. The van der Waals surface area contributed by atoms with Gasteiger partial charge in [0.15, 0.2) is 0 Å². The van der Waals surface area contributed by atoms with Crippen LogP contribution in [0.1, 0.15) is 57.6 Å². The normalized spacial score (nSPS) is 29.9. The van der Waals surface area contributed by atoms with Crippen molar-refractivity contribution in [1.82, 2.24) is 0 Å². The van der Waals surface area contributed by atoms with Gasteiger partial charge in [0.25, 0.3) is 0 Å². The Bertz CT molecular complexity index is 685. The fourth-order valence-corrected chi connectivity index (χ4v) is 4.91. The van der Waals surface area contributed by atoms with Crippen molar-refractivity contribution >= 4 is 32.6 Å². The summed E-state index contributed by atoms with van der Waals surface area (Å²) >= 11 is 3.58. The van der Waals surface area contributed by atoms with Crippen molar-refractivity contribution in [1.29, 1.82) is 0 Å². The first-order chi connectivity index (χ1) is 11.2. The van der Waals surface area contributed by atoms with E-state index in [1.165, 1.54) is 11.1 Å². The molecule has 0 aromatic heterocycles. The summed E-state index contributed by atoms with van der Waals surface area (Å²) in [6.45, 7) is 5.95. The van der Waals surface area contributed by atoms with Crippen LogP contribution in [-0.2, 0) is 22.1 Å². The van der Waals surface area contributed by atoms with Gasteiger partial charge < -0.3 is 4.74 Å². The van der Waals surface area contributed by atoms with Crippen molar-refractivity contribution in [3.05, 3.63) is 33.8 Å². The molecule has 0 bridgehead atoms. The average Bonchev–Trinajstić information content (AvgIpc) is 2.81. The molecule has 1 fully saturated rings. The zero-order valence-corrected chi connectivity index (χ0v) is 17.3. The maximum absolute atomic E-state index is 12.7. The summed E-state index contributed by atoms with van der Waals surface area (Å²) in [7, 11) is 0.561. The third-order valence-corrected chi connectivity index (χ3v) is 7.17. The third-order valence-electron chi connectivity index (χ3n) is 5.28. The minimum absolute atomic E-state index is 0.0269. The molecule has 0 aliphatic heterocycles. The van der Waals surface area contributed by atoms with Crippen LogP contribution >= 0.6 is 15.9 Å². The smallest absolute Gasteiger partial charge is 0.145 e. The number of halogens is 1. The molecular weight excluding hydrogens is 386 g/mol. The highest BCUT2D eigenvalue weighted by atomic mass is 79.9. The van der Waals surface area contributed by atoms with Gasteiger partial charge in [-0.1, -0.05) is 22.0 Å². The predicted octanol–water partition coefficient (Wildman–Crippen LogP) is 4.83. The lowest BCUT2D eigenvalue weighted by Crippen LogP contribution is -2.36. The average molecular weight is 412 g/mol. The second-order valence-corrected chi connectivity index (χ2v) is 10.8. The van der Waals surface area contributed by atoms with E-state index in [9.17, 15) is 4.21 Å².